The second kappa shape index (κ2) is 3.59. The highest BCUT2D eigenvalue weighted by atomic mass is 16.6. The van der Waals surface area contributed by atoms with E-state index < -0.39 is 0 Å². The van der Waals surface area contributed by atoms with Crippen molar-refractivity contribution in [1.82, 2.24) is 0 Å². The molecule has 0 saturated heterocycles. The molecule has 0 aliphatic carbocycles. The average Bonchev–Trinajstić information content (AvgIpc) is 2.44. The highest BCUT2D eigenvalue weighted by Crippen LogP contribution is 2.37. The molecule has 0 bridgehead atoms. The first kappa shape index (κ1) is 9.49. The first-order chi connectivity index (χ1) is 6.74. The molecule has 3 nitrogen and oxygen atoms in total. The lowest BCUT2D eigenvalue weighted by molar-refractivity contribution is 0.124. The van der Waals surface area contributed by atoms with Gasteiger partial charge in [-0.2, -0.15) is 0 Å². The molecular formula is C11H16N2O. The minimum absolute atomic E-state index is 0.486. The van der Waals surface area contributed by atoms with Crippen molar-refractivity contribution in [3.8, 4) is 0 Å². The molecule has 0 saturated carbocycles. The van der Waals surface area contributed by atoms with Crippen LogP contribution in [0.2, 0.25) is 0 Å². The van der Waals surface area contributed by atoms with Crippen molar-refractivity contribution < 1.29 is 4.84 Å². The van der Waals surface area contributed by atoms with Crippen molar-refractivity contribution >= 4 is 5.69 Å². The first-order valence-corrected chi connectivity index (χ1v) is 4.88. The molecule has 0 amide bonds. The Balaban J connectivity index is 2.45. The summed E-state index contributed by atoms with van der Waals surface area (Å²) in [6, 6.07) is 6.33. The number of rotatable bonds is 2. The normalized spacial score (nSPS) is 19.9. The summed E-state index contributed by atoms with van der Waals surface area (Å²) in [4.78, 5) is 6.98. The number of hydrogen-bond donors (Lipinski definition) is 1. The number of anilines is 1. The smallest absolute Gasteiger partial charge is 0.0950 e. The molecule has 0 radical (unpaired) electrons. The van der Waals surface area contributed by atoms with Gasteiger partial charge in [-0.05, 0) is 5.56 Å². The van der Waals surface area contributed by atoms with Crippen molar-refractivity contribution in [3.05, 3.63) is 29.3 Å². The van der Waals surface area contributed by atoms with E-state index in [0.717, 1.165) is 6.54 Å². The van der Waals surface area contributed by atoms with Crippen LogP contribution in [0, 0.1) is 0 Å². The highest BCUT2D eigenvalue weighted by molar-refractivity contribution is 5.64. The summed E-state index contributed by atoms with van der Waals surface area (Å²) < 4.78 is 0. The Bertz CT molecular complexity index is 338. The fourth-order valence-corrected chi connectivity index (χ4v) is 2.28. The second-order valence-corrected chi connectivity index (χ2v) is 3.95. The molecule has 1 aliphatic rings. The van der Waals surface area contributed by atoms with Crippen LogP contribution in [0.4, 0.5) is 5.69 Å². The van der Waals surface area contributed by atoms with Crippen LogP contribution in [-0.2, 0) is 11.4 Å². The maximum Gasteiger partial charge on any atom is 0.0950 e. The van der Waals surface area contributed by atoms with Crippen molar-refractivity contribution in [1.29, 1.82) is 0 Å². The second-order valence-electron chi connectivity index (χ2n) is 3.95. The lowest BCUT2D eigenvalue weighted by Gasteiger charge is -2.15. The van der Waals surface area contributed by atoms with Gasteiger partial charge in [-0.15, -0.1) is 0 Å². The summed E-state index contributed by atoms with van der Waals surface area (Å²) in [7, 11) is 2.11. The third kappa shape index (κ3) is 1.38. The highest BCUT2D eigenvalue weighted by Gasteiger charge is 2.24. The molecule has 0 aromatic heterocycles. The molecule has 1 atom stereocenters. The van der Waals surface area contributed by atoms with E-state index in [4.69, 9.17) is 10.7 Å². The maximum atomic E-state index is 5.12. The predicted molar refractivity (Wildman–Crippen MR) is 57.1 cm³/mol. The van der Waals surface area contributed by atoms with Crippen molar-refractivity contribution in [3.63, 3.8) is 0 Å². The van der Waals surface area contributed by atoms with Gasteiger partial charge in [0.2, 0.25) is 0 Å². The monoisotopic (exact) mass is 192 g/mol. The summed E-state index contributed by atoms with van der Waals surface area (Å²) in [5, 5.41) is 0. The van der Waals surface area contributed by atoms with E-state index in [-0.39, 0.29) is 0 Å². The Labute approximate surface area is 84.4 Å². The number of nitrogens with zero attached hydrogens (tertiary/aromatic N) is 1. The largest absolute Gasteiger partial charge is 0.373 e. The Hall–Kier alpha value is -1.06. The molecule has 2 N–H and O–H groups in total. The third-order valence-electron chi connectivity index (χ3n) is 2.85. The van der Waals surface area contributed by atoms with Crippen molar-refractivity contribution in [2.24, 2.45) is 5.90 Å². The minimum atomic E-state index is 0.486. The molecular weight excluding hydrogens is 176 g/mol. The van der Waals surface area contributed by atoms with E-state index in [1.807, 2.05) is 0 Å². The van der Waals surface area contributed by atoms with Gasteiger partial charge in [-0.1, -0.05) is 25.1 Å². The van der Waals surface area contributed by atoms with Crippen LogP contribution in [0.1, 0.15) is 24.0 Å². The van der Waals surface area contributed by atoms with Gasteiger partial charge < -0.3 is 4.90 Å². The predicted octanol–water partition coefficient (Wildman–Crippen LogP) is 1.63. The number of hydrogen-bond acceptors (Lipinski definition) is 3. The summed E-state index contributed by atoms with van der Waals surface area (Å²) in [6.07, 6.45) is 0. The van der Waals surface area contributed by atoms with Crippen LogP contribution in [0.3, 0.4) is 0 Å². The van der Waals surface area contributed by atoms with Gasteiger partial charge >= 0.3 is 0 Å². The Morgan fingerprint density at radius 1 is 1.57 bits per heavy atom. The van der Waals surface area contributed by atoms with E-state index in [9.17, 15) is 0 Å². The van der Waals surface area contributed by atoms with Gasteiger partial charge in [0.25, 0.3) is 0 Å². The topological polar surface area (TPSA) is 38.5 Å². The molecule has 1 aliphatic heterocycles. The van der Waals surface area contributed by atoms with E-state index >= 15 is 0 Å². The third-order valence-corrected chi connectivity index (χ3v) is 2.85. The summed E-state index contributed by atoms with van der Waals surface area (Å²) in [6.45, 7) is 3.81. The molecule has 76 valence electrons. The van der Waals surface area contributed by atoms with Gasteiger partial charge in [0.15, 0.2) is 0 Å². The molecule has 0 spiro atoms. The van der Waals surface area contributed by atoms with Crippen LogP contribution >= 0.6 is 0 Å². The fraction of sp³-hybridized carbons (Fsp3) is 0.455. The average molecular weight is 192 g/mol. The van der Waals surface area contributed by atoms with Crippen LogP contribution in [0.5, 0.6) is 0 Å². The summed E-state index contributed by atoms with van der Waals surface area (Å²) >= 11 is 0. The Morgan fingerprint density at radius 3 is 3.07 bits per heavy atom. The first-order valence-electron chi connectivity index (χ1n) is 4.88. The molecule has 14 heavy (non-hydrogen) atoms. The van der Waals surface area contributed by atoms with Gasteiger partial charge in [0, 0.05) is 30.8 Å². The standard InChI is InChI=1S/C11H16N2O/c1-8-6-13(2)11-9(7-14-12)4-3-5-10(8)11/h3-5,8H,6-7,12H2,1-2H3. The molecule has 1 aromatic carbocycles. The van der Waals surface area contributed by atoms with E-state index in [1.54, 1.807) is 0 Å². The van der Waals surface area contributed by atoms with Gasteiger partial charge in [0.1, 0.15) is 0 Å². The van der Waals surface area contributed by atoms with Gasteiger partial charge in [-0.25, -0.2) is 5.90 Å². The minimum Gasteiger partial charge on any atom is -0.373 e. The van der Waals surface area contributed by atoms with Crippen LogP contribution in [-0.4, -0.2) is 13.6 Å². The molecule has 2 rings (SSSR count). The van der Waals surface area contributed by atoms with Crippen molar-refractivity contribution in [2.75, 3.05) is 18.5 Å². The van der Waals surface area contributed by atoms with E-state index in [1.165, 1.54) is 16.8 Å². The molecule has 1 unspecified atom stereocenters. The molecule has 1 aromatic rings. The molecule has 0 fully saturated rings. The number of fused-ring (bicyclic) bond motifs is 1. The summed E-state index contributed by atoms with van der Waals surface area (Å²) in [5.41, 5.74) is 3.88. The van der Waals surface area contributed by atoms with E-state index in [0.29, 0.717) is 12.5 Å². The fourth-order valence-electron chi connectivity index (χ4n) is 2.28. The molecule has 1 heterocycles. The lowest BCUT2D eigenvalue weighted by atomic mass is 10.0. The zero-order valence-corrected chi connectivity index (χ0v) is 8.66. The number of para-hydroxylation sites is 1. The number of nitrogens with two attached hydrogens (primary N) is 1. The zero-order valence-electron chi connectivity index (χ0n) is 8.66. The summed E-state index contributed by atoms with van der Waals surface area (Å²) in [5.74, 6) is 5.72. The van der Waals surface area contributed by atoms with Crippen LogP contribution < -0.4 is 10.8 Å². The van der Waals surface area contributed by atoms with Gasteiger partial charge in [-0.3, -0.25) is 4.84 Å². The lowest BCUT2D eigenvalue weighted by Crippen LogP contribution is -2.16. The van der Waals surface area contributed by atoms with Crippen LogP contribution in [0.25, 0.3) is 0 Å². The number of likely N-dealkylation sites (N-methyl/N-ethyl adjacent to an activating group) is 1. The van der Waals surface area contributed by atoms with Gasteiger partial charge in [0.05, 0.1) is 6.61 Å². The van der Waals surface area contributed by atoms with Crippen LogP contribution in [0.15, 0.2) is 18.2 Å². The Kier molecular flexibility index (Phi) is 2.44. The van der Waals surface area contributed by atoms with Crippen molar-refractivity contribution in [2.45, 2.75) is 19.4 Å². The number of benzene rings is 1. The van der Waals surface area contributed by atoms with E-state index in [2.05, 4.69) is 37.1 Å². The maximum absolute atomic E-state index is 5.12. The SMILES string of the molecule is CC1CN(C)c2c(CON)cccc21. The zero-order chi connectivity index (χ0) is 10.1. The quantitative estimate of drug-likeness (QED) is 0.724. The Morgan fingerprint density at radius 2 is 2.36 bits per heavy atom. The molecule has 3 heteroatoms.